The molecule has 0 aromatic rings. The lowest BCUT2D eigenvalue weighted by Crippen LogP contribution is -2.72. The van der Waals surface area contributed by atoms with Gasteiger partial charge in [-0.3, -0.25) is 14.7 Å². The van der Waals surface area contributed by atoms with Gasteiger partial charge in [0, 0.05) is 45.7 Å². The number of hydrogen-bond donors (Lipinski definition) is 1. The molecular weight excluding hydrogens is 272 g/mol. The van der Waals surface area contributed by atoms with Crippen LogP contribution in [0.3, 0.4) is 0 Å². The van der Waals surface area contributed by atoms with Crippen LogP contribution in [0.15, 0.2) is 0 Å². The molecule has 0 saturated carbocycles. The quantitative estimate of drug-likeness (QED) is 0.846. The number of nitrogens with zero attached hydrogens (tertiary/aromatic N) is 3. The van der Waals surface area contributed by atoms with Crippen LogP contribution in [0.1, 0.15) is 64.2 Å². The van der Waals surface area contributed by atoms with Gasteiger partial charge in [0.05, 0.1) is 0 Å². The summed E-state index contributed by atoms with van der Waals surface area (Å²) < 4.78 is 0. The summed E-state index contributed by atoms with van der Waals surface area (Å²) in [5.74, 6) is 0.135. The molecular formula is C18H36N4. The maximum atomic E-state index is 6.15. The molecule has 4 nitrogen and oxygen atoms in total. The fraction of sp³-hybridized carbons (Fsp3) is 1.00. The van der Waals surface area contributed by atoms with Gasteiger partial charge in [-0.15, -0.1) is 0 Å². The first-order chi connectivity index (χ1) is 10.9. The third kappa shape index (κ3) is 3.35. The maximum Gasteiger partial charge on any atom is 0.132 e. The Hall–Kier alpha value is -0.160. The van der Waals surface area contributed by atoms with E-state index in [1.165, 1.54) is 97.1 Å². The second-order valence-corrected chi connectivity index (χ2v) is 7.46. The highest BCUT2D eigenvalue weighted by atomic mass is 15.6. The third-order valence-corrected chi connectivity index (χ3v) is 6.07. The molecule has 128 valence electrons. The Balaban J connectivity index is 1.88. The van der Waals surface area contributed by atoms with Gasteiger partial charge < -0.3 is 5.73 Å². The molecule has 0 bridgehead atoms. The van der Waals surface area contributed by atoms with E-state index in [-0.39, 0.29) is 5.79 Å². The molecule has 0 amide bonds. The number of nitrogens with two attached hydrogens (primary N) is 1. The number of likely N-dealkylation sites (tertiary alicyclic amines) is 3. The molecule has 0 aromatic carbocycles. The molecule has 0 atom stereocenters. The van der Waals surface area contributed by atoms with Crippen LogP contribution >= 0.6 is 0 Å². The van der Waals surface area contributed by atoms with E-state index in [1.54, 1.807) is 0 Å². The van der Waals surface area contributed by atoms with Crippen LogP contribution in [0.4, 0.5) is 0 Å². The minimum Gasteiger partial charge on any atom is -0.330 e. The van der Waals surface area contributed by atoms with Gasteiger partial charge in [-0.25, -0.2) is 0 Å². The first-order valence-corrected chi connectivity index (χ1v) is 9.83. The van der Waals surface area contributed by atoms with Crippen molar-refractivity contribution < 1.29 is 0 Å². The Bertz CT molecular complexity index is 269. The molecule has 0 aliphatic carbocycles. The molecule has 0 radical (unpaired) electrons. The van der Waals surface area contributed by atoms with E-state index < -0.39 is 0 Å². The van der Waals surface area contributed by atoms with Crippen LogP contribution in [0.25, 0.3) is 0 Å². The van der Waals surface area contributed by atoms with Gasteiger partial charge in [0.15, 0.2) is 0 Å². The first kappa shape index (κ1) is 16.7. The summed E-state index contributed by atoms with van der Waals surface area (Å²) in [6, 6.07) is 0. The van der Waals surface area contributed by atoms with Crippen LogP contribution < -0.4 is 5.73 Å². The average Bonchev–Trinajstić information content (AvgIpc) is 2.62. The molecule has 3 aliphatic heterocycles. The molecule has 22 heavy (non-hydrogen) atoms. The van der Waals surface area contributed by atoms with E-state index in [9.17, 15) is 0 Å². The average molecular weight is 309 g/mol. The lowest BCUT2D eigenvalue weighted by atomic mass is 9.97. The van der Waals surface area contributed by atoms with E-state index in [1.807, 2.05) is 0 Å². The number of piperidine rings is 3. The van der Waals surface area contributed by atoms with E-state index in [2.05, 4.69) is 14.7 Å². The van der Waals surface area contributed by atoms with E-state index in [0.29, 0.717) is 0 Å². The Morgan fingerprint density at radius 2 is 0.864 bits per heavy atom. The molecule has 0 unspecified atom stereocenters. The summed E-state index contributed by atoms with van der Waals surface area (Å²) in [6.45, 7) is 8.43. The Morgan fingerprint density at radius 1 is 0.545 bits per heavy atom. The van der Waals surface area contributed by atoms with E-state index in [0.717, 1.165) is 13.0 Å². The highest BCUT2D eigenvalue weighted by molar-refractivity contribution is 4.94. The van der Waals surface area contributed by atoms with Crippen molar-refractivity contribution in [3.8, 4) is 0 Å². The second-order valence-electron chi connectivity index (χ2n) is 7.46. The molecule has 0 aromatic heterocycles. The highest BCUT2D eigenvalue weighted by Gasteiger charge is 2.47. The second kappa shape index (κ2) is 8.09. The summed E-state index contributed by atoms with van der Waals surface area (Å²) in [5, 5.41) is 0. The summed E-state index contributed by atoms with van der Waals surface area (Å²) in [7, 11) is 0. The minimum atomic E-state index is 0.135. The zero-order valence-corrected chi connectivity index (χ0v) is 14.4. The lowest BCUT2D eigenvalue weighted by molar-refractivity contribution is -0.189. The van der Waals surface area contributed by atoms with Gasteiger partial charge in [0.25, 0.3) is 0 Å². The van der Waals surface area contributed by atoms with Gasteiger partial charge in [-0.05, 0) is 45.1 Å². The Morgan fingerprint density at radius 3 is 1.14 bits per heavy atom. The van der Waals surface area contributed by atoms with Gasteiger partial charge >= 0.3 is 0 Å². The van der Waals surface area contributed by atoms with Crippen molar-refractivity contribution >= 4 is 0 Å². The zero-order chi connectivity index (χ0) is 15.3. The van der Waals surface area contributed by atoms with Crippen LogP contribution in [-0.2, 0) is 0 Å². The van der Waals surface area contributed by atoms with Crippen molar-refractivity contribution in [1.82, 2.24) is 14.7 Å². The van der Waals surface area contributed by atoms with Gasteiger partial charge in [-0.2, -0.15) is 0 Å². The van der Waals surface area contributed by atoms with Crippen molar-refractivity contribution in [2.45, 2.75) is 70.0 Å². The fourth-order valence-corrected chi connectivity index (χ4v) is 5.02. The van der Waals surface area contributed by atoms with Gasteiger partial charge in [0.2, 0.25) is 0 Å². The summed E-state index contributed by atoms with van der Waals surface area (Å²) >= 11 is 0. The molecule has 4 heteroatoms. The molecule has 3 heterocycles. The molecule has 3 fully saturated rings. The highest BCUT2D eigenvalue weighted by Crippen LogP contribution is 2.35. The molecule has 2 N–H and O–H groups in total. The van der Waals surface area contributed by atoms with Gasteiger partial charge in [0.1, 0.15) is 5.79 Å². The molecule has 3 rings (SSSR count). The topological polar surface area (TPSA) is 35.7 Å². The Labute approximate surface area is 137 Å². The smallest absolute Gasteiger partial charge is 0.132 e. The third-order valence-electron chi connectivity index (χ3n) is 6.07. The molecule has 3 aliphatic rings. The van der Waals surface area contributed by atoms with Gasteiger partial charge in [-0.1, -0.05) is 19.3 Å². The molecule has 3 saturated heterocycles. The van der Waals surface area contributed by atoms with Crippen molar-refractivity contribution in [3.05, 3.63) is 0 Å². The SMILES string of the molecule is NCCC(N1CCCCC1)(N1CCCCC1)N1CCCCC1. The van der Waals surface area contributed by atoms with Crippen molar-refractivity contribution in [2.24, 2.45) is 5.73 Å². The van der Waals surface area contributed by atoms with Crippen LogP contribution in [0.2, 0.25) is 0 Å². The monoisotopic (exact) mass is 308 g/mol. The predicted octanol–water partition coefficient (Wildman–Crippen LogP) is 2.45. The predicted molar refractivity (Wildman–Crippen MR) is 92.7 cm³/mol. The fourth-order valence-electron chi connectivity index (χ4n) is 5.02. The van der Waals surface area contributed by atoms with E-state index in [4.69, 9.17) is 5.73 Å². The number of hydrogen-bond acceptors (Lipinski definition) is 4. The summed E-state index contributed by atoms with van der Waals surface area (Å²) in [4.78, 5) is 8.46. The normalized spacial score (nSPS) is 27.1. The molecule has 0 spiro atoms. The van der Waals surface area contributed by atoms with E-state index >= 15 is 0 Å². The van der Waals surface area contributed by atoms with Crippen LogP contribution in [0, 0.1) is 0 Å². The zero-order valence-electron chi connectivity index (χ0n) is 14.4. The van der Waals surface area contributed by atoms with Crippen molar-refractivity contribution in [3.63, 3.8) is 0 Å². The van der Waals surface area contributed by atoms with Crippen LogP contribution in [0.5, 0.6) is 0 Å². The largest absolute Gasteiger partial charge is 0.330 e. The standard InChI is InChI=1S/C18H36N4/c19-11-10-18(20-12-4-1-5-13-20,21-14-6-2-7-15-21)22-16-8-3-9-17-22/h1-17,19H2. The lowest BCUT2D eigenvalue weighted by Gasteiger charge is -2.59. The summed E-state index contributed by atoms with van der Waals surface area (Å²) in [6.07, 6.45) is 13.6. The Kier molecular flexibility index (Phi) is 6.14. The maximum absolute atomic E-state index is 6.15. The van der Waals surface area contributed by atoms with Crippen LogP contribution in [-0.4, -0.2) is 66.3 Å². The first-order valence-electron chi connectivity index (χ1n) is 9.83. The van der Waals surface area contributed by atoms with Crippen molar-refractivity contribution in [2.75, 3.05) is 45.8 Å². The number of rotatable bonds is 5. The minimum absolute atomic E-state index is 0.135. The summed E-state index contributed by atoms with van der Waals surface area (Å²) in [5.41, 5.74) is 6.15. The van der Waals surface area contributed by atoms with Crippen molar-refractivity contribution in [1.29, 1.82) is 0 Å².